The molecule has 1 aliphatic heterocycles. The Hall–Kier alpha value is -4.87. The number of carboxylic acid groups (broad SMARTS) is 1. The standard InChI is InChI=1S/C37H40F3N3O6/c1-22-17-31(42(4)36(48)49-21-30-28-11-7-5-9-26(28)27-10-6-8-12-29(27)30)35(47)43(19-23(22)2)32(34(46)41(3)20-33(44)45)18-24-13-15-25(16-14-24)37(38,39)40/h5-16,22-23,30-32H,17-21H2,1-4H3,(H,44,45)/t22-,23?,31-,32?/m0/s1. The summed E-state index contributed by atoms with van der Waals surface area (Å²) in [5.41, 5.74) is 3.71. The van der Waals surface area contributed by atoms with Crippen LogP contribution < -0.4 is 0 Å². The third-order valence-electron chi connectivity index (χ3n) is 9.83. The van der Waals surface area contributed by atoms with Crippen molar-refractivity contribution in [3.05, 3.63) is 95.1 Å². The molecule has 0 bridgehead atoms. The molecular weight excluding hydrogens is 639 g/mol. The molecule has 1 aliphatic carbocycles. The van der Waals surface area contributed by atoms with E-state index in [1.807, 2.05) is 62.4 Å². The predicted octanol–water partition coefficient (Wildman–Crippen LogP) is 5.91. The van der Waals surface area contributed by atoms with Crippen LogP contribution in [0, 0.1) is 11.8 Å². The van der Waals surface area contributed by atoms with Gasteiger partial charge in [0, 0.05) is 33.0 Å². The summed E-state index contributed by atoms with van der Waals surface area (Å²) >= 11 is 0. The maximum absolute atomic E-state index is 14.4. The number of carbonyl (C=O) groups excluding carboxylic acids is 3. The Bertz CT molecular complexity index is 1670. The maximum Gasteiger partial charge on any atom is 0.416 e. The monoisotopic (exact) mass is 679 g/mol. The number of aliphatic carboxylic acids is 1. The van der Waals surface area contributed by atoms with Gasteiger partial charge < -0.3 is 19.6 Å². The number of fused-ring (bicyclic) bond motifs is 3. The summed E-state index contributed by atoms with van der Waals surface area (Å²) in [6, 6.07) is 17.9. The number of alkyl halides is 3. The van der Waals surface area contributed by atoms with Gasteiger partial charge in [0.25, 0.3) is 0 Å². The molecule has 3 amide bonds. The van der Waals surface area contributed by atoms with Crippen LogP contribution in [0.15, 0.2) is 72.8 Å². The summed E-state index contributed by atoms with van der Waals surface area (Å²) in [4.78, 5) is 56.9. The van der Waals surface area contributed by atoms with Crippen molar-refractivity contribution >= 4 is 23.9 Å². The Morgan fingerprint density at radius 3 is 2.04 bits per heavy atom. The number of hydrogen-bond donors (Lipinski definition) is 1. The summed E-state index contributed by atoms with van der Waals surface area (Å²) in [6.07, 6.45) is -5.15. The molecule has 3 aromatic carbocycles. The van der Waals surface area contributed by atoms with Crippen LogP contribution in [0.4, 0.5) is 18.0 Å². The van der Waals surface area contributed by atoms with Crippen molar-refractivity contribution in [2.45, 2.75) is 50.9 Å². The van der Waals surface area contributed by atoms with E-state index in [1.165, 1.54) is 36.0 Å². The van der Waals surface area contributed by atoms with E-state index in [0.717, 1.165) is 39.3 Å². The van der Waals surface area contributed by atoms with E-state index < -0.39 is 54.2 Å². The molecule has 1 fully saturated rings. The van der Waals surface area contributed by atoms with Gasteiger partial charge in [0.05, 0.1) is 5.56 Å². The lowest BCUT2D eigenvalue weighted by Gasteiger charge is -2.36. The van der Waals surface area contributed by atoms with Gasteiger partial charge in [-0.3, -0.25) is 19.3 Å². The van der Waals surface area contributed by atoms with Gasteiger partial charge in [-0.2, -0.15) is 13.2 Å². The normalized spacial score (nSPS) is 19.8. The molecule has 0 saturated carbocycles. The average molecular weight is 680 g/mol. The second-order valence-electron chi connectivity index (χ2n) is 13.1. The molecular formula is C37H40F3N3O6. The highest BCUT2D eigenvalue weighted by molar-refractivity contribution is 5.92. The van der Waals surface area contributed by atoms with Crippen molar-refractivity contribution in [2.24, 2.45) is 11.8 Å². The quantitative estimate of drug-likeness (QED) is 0.301. The minimum atomic E-state index is -4.56. The van der Waals surface area contributed by atoms with Crippen LogP contribution in [0.25, 0.3) is 11.1 Å². The topological polar surface area (TPSA) is 107 Å². The SMILES string of the molecule is CC1CN(C(Cc2ccc(C(F)(F)F)cc2)C(=O)N(C)CC(=O)O)C(=O)[C@@H](N(C)C(=O)OCC2c3ccccc3-c3ccccc32)C[C@@H]1C. The Labute approximate surface area is 283 Å². The number of carboxylic acids is 1. The number of rotatable bonds is 9. The second kappa shape index (κ2) is 14.3. The average Bonchev–Trinajstić information content (AvgIpc) is 3.33. The third kappa shape index (κ3) is 7.58. The number of amides is 3. The number of benzene rings is 3. The van der Waals surface area contributed by atoms with Crippen molar-refractivity contribution in [2.75, 3.05) is 33.8 Å². The fourth-order valence-electron chi connectivity index (χ4n) is 6.80. The highest BCUT2D eigenvalue weighted by atomic mass is 19.4. The summed E-state index contributed by atoms with van der Waals surface area (Å²) in [7, 11) is 2.77. The Morgan fingerprint density at radius 1 is 0.918 bits per heavy atom. The lowest BCUT2D eigenvalue weighted by atomic mass is 9.91. The molecule has 3 aromatic rings. The molecule has 2 unspecified atom stereocenters. The van der Waals surface area contributed by atoms with Gasteiger partial charge in [-0.1, -0.05) is 74.5 Å². The summed E-state index contributed by atoms with van der Waals surface area (Å²) in [5, 5.41) is 9.37. The van der Waals surface area contributed by atoms with Gasteiger partial charge in [0.15, 0.2) is 0 Å². The molecule has 0 radical (unpaired) electrons. The first-order chi connectivity index (χ1) is 23.2. The largest absolute Gasteiger partial charge is 0.480 e. The molecule has 260 valence electrons. The van der Waals surface area contributed by atoms with Gasteiger partial charge in [0.2, 0.25) is 11.8 Å². The summed E-state index contributed by atoms with van der Waals surface area (Å²) < 4.78 is 45.6. The van der Waals surface area contributed by atoms with E-state index >= 15 is 0 Å². The van der Waals surface area contributed by atoms with Crippen LogP contribution in [-0.2, 0) is 31.7 Å². The third-order valence-corrected chi connectivity index (χ3v) is 9.83. The van der Waals surface area contributed by atoms with E-state index in [4.69, 9.17) is 4.74 Å². The first-order valence-electron chi connectivity index (χ1n) is 16.2. The van der Waals surface area contributed by atoms with Crippen molar-refractivity contribution in [3.63, 3.8) is 0 Å². The number of likely N-dealkylation sites (tertiary alicyclic amines) is 1. The van der Waals surface area contributed by atoms with E-state index in [2.05, 4.69) is 0 Å². The summed E-state index contributed by atoms with van der Waals surface area (Å²) in [5.74, 6) is -2.86. The van der Waals surface area contributed by atoms with Crippen LogP contribution in [0.5, 0.6) is 0 Å². The lowest BCUT2D eigenvalue weighted by Crippen LogP contribution is -2.57. The van der Waals surface area contributed by atoms with E-state index in [-0.39, 0.29) is 43.7 Å². The van der Waals surface area contributed by atoms with Crippen molar-refractivity contribution in [3.8, 4) is 11.1 Å². The molecule has 0 aromatic heterocycles. The fourth-order valence-corrected chi connectivity index (χ4v) is 6.80. The first-order valence-corrected chi connectivity index (χ1v) is 16.2. The van der Waals surface area contributed by atoms with Gasteiger partial charge in [-0.05, 0) is 58.2 Å². The van der Waals surface area contributed by atoms with Gasteiger partial charge in [-0.15, -0.1) is 0 Å². The molecule has 49 heavy (non-hydrogen) atoms. The molecule has 2 aliphatic rings. The highest BCUT2D eigenvalue weighted by Gasteiger charge is 2.43. The predicted molar refractivity (Wildman–Crippen MR) is 175 cm³/mol. The minimum Gasteiger partial charge on any atom is -0.480 e. The zero-order chi connectivity index (χ0) is 35.6. The van der Waals surface area contributed by atoms with E-state index in [1.54, 1.807) is 0 Å². The van der Waals surface area contributed by atoms with Crippen LogP contribution >= 0.6 is 0 Å². The lowest BCUT2D eigenvalue weighted by molar-refractivity contribution is -0.150. The Kier molecular flexibility index (Phi) is 10.4. The first kappa shape index (κ1) is 35.4. The van der Waals surface area contributed by atoms with Gasteiger partial charge in [-0.25, -0.2) is 4.79 Å². The van der Waals surface area contributed by atoms with Gasteiger partial charge in [0.1, 0.15) is 25.2 Å². The second-order valence-corrected chi connectivity index (χ2v) is 13.1. The molecule has 9 nitrogen and oxygen atoms in total. The van der Waals surface area contributed by atoms with E-state index in [0.29, 0.717) is 5.56 Å². The number of likely N-dealkylation sites (N-methyl/N-ethyl adjacent to an activating group) is 2. The zero-order valence-corrected chi connectivity index (χ0v) is 27.8. The molecule has 1 N–H and O–H groups in total. The molecule has 0 spiro atoms. The molecule has 5 rings (SSSR count). The van der Waals surface area contributed by atoms with Crippen LogP contribution in [0.1, 0.15) is 48.4 Å². The van der Waals surface area contributed by atoms with E-state index in [9.17, 15) is 37.5 Å². The zero-order valence-electron chi connectivity index (χ0n) is 27.8. The van der Waals surface area contributed by atoms with Crippen molar-refractivity contribution < 1.29 is 42.2 Å². The molecule has 1 saturated heterocycles. The number of hydrogen-bond acceptors (Lipinski definition) is 5. The number of halogens is 3. The molecule has 4 atom stereocenters. The fraction of sp³-hybridized carbons (Fsp3) is 0.405. The molecule has 1 heterocycles. The summed E-state index contributed by atoms with van der Waals surface area (Å²) in [6.45, 7) is 3.39. The molecule has 12 heteroatoms. The van der Waals surface area contributed by atoms with Crippen LogP contribution in [0.2, 0.25) is 0 Å². The number of carbonyl (C=O) groups is 4. The Balaban J connectivity index is 1.40. The number of ether oxygens (including phenoxy) is 1. The Morgan fingerprint density at radius 2 is 1.49 bits per heavy atom. The maximum atomic E-state index is 14.4. The minimum absolute atomic E-state index is 0.0444. The van der Waals surface area contributed by atoms with Crippen molar-refractivity contribution in [1.29, 1.82) is 0 Å². The van der Waals surface area contributed by atoms with Crippen LogP contribution in [0.3, 0.4) is 0 Å². The smallest absolute Gasteiger partial charge is 0.416 e. The van der Waals surface area contributed by atoms with Crippen molar-refractivity contribution in [1.82, 2.24) is 14.7 Å². The highest BCUT2D eigenvalue weighted by Crippen LogP contribution is 2.44. The van der Waals surface area contributed by atoms with Gasteiger partial charge >= 0.3 is 18.2 Å². The van der Waals surface area contributed by atoms with Crippen LogP contribution in [-0.4, -0.2) is 89.6 Å². The number of nitrogens with zero attached hydrogens (tertiary/aromatic N) is 3.